The number of amides is 1. The minimum absolute atomic E-state index is 0.409. The summed E-state index contributed by atoms with van der Waals surface area (Å²) in [6.07, 6.45) is 3.07. The molecule has 0 saturated carbocycles. The molecule has 1 fully saturated rings. The monoisotopic (exact) mass is 276 g/mol. The van der Waals surface area contributed by atoms with Gasteiger partial charge >= 0.3 is 6.09 Å². The van der Waals surface area contributed by atoms with Crippen LogP contribution in [0.3, 0.4) is 0 Å². The Morgan fingerprint density at radius 3 is 2.90 bits per heavy atom. The lowest BCUT2D eigenvalue weighted by atomic mass is 10.0. The number of rotatable bonds is 3. The third-order valence-corrected chi connectivity index (χ3v) is 3.22. The van der Waals surface area contributed by atoms with Crippen LogP contribution in [0.2, 0.25) is 0 Å². The van der Waals surface area contributed by atoms with E-state index in [1.54, 1.807) is 0 Å². The number of hydrogen-bond donors (Lipinski definition) is 2. The van der Waals surface area contributed by atoms with Crippen LogP contribution >= 0.6 is 0 Å². The summed E-state index contributed by atoms with van der Waals surface area (Å²) in [5.41, 5.74) is 1.54. The van der Waals surface area contributed by atoms with Gasteiger partial charge in [0.1, 0.15) is 5.60 Å². The van der Waals surface area contributed by atoms with Crippen molar-refractivity contribution in [2.75, 3.05) is 11.9 Å². The van der Waals surface area contributed by atoms with E-state index in [1.807, 2.05) is 39.0 Å². The van der Waals surface area contributed by atoms with Gasteiger partial charge in [-0.05, 0) is 64.3 Å². The SMILES string of the molecule is CC(C)(C)OC(=O)Nc1cccc(CC2CCCN2)c1. The standard InChI is InChI=1S/C16H24N2O2/c1-16(2,3)20-15(19)18-14-7-4-6-12(11-14)10-13-8-5-9-17-13/h4,6-7,11,13,17H,5,8-10H2,1-3H3,(H,18,19). The minimum Gasteiger partial charge on any atom is -0.444 e. The summed E-state index contributed by atoms with van der Waals surface area (Å²) >= 11 is 0. The number of anilines is 1. The first-order chi connectivity index (χ1) is 9.42. The van der Waals surface area contributed by atoms with E-state index in [0.717, 1.165) is 18.7 Å². The Balaban J connectivity index is 1.93. The molecule has 1 atom stereocenters. The van der Waals surface area contributed by atoms with Gasteiger partial charge in [0.25, 0.3) is 0 Å². The van der Waals surface area contributed by atoms with E-state index in [-0.39, 0.29) is 0 Å². The second-order valence-corrected chi connectivity index (χ2v) is 6.32. The van der Waals surface area contributed by atoms with Gasteiger partial charge in [-0.1, -0.05) is 12.1 Å². The van der Waals surface area contributed by atoms with Gasteiger partial charge in [0.15, 0.2) is 0 Å². The lowest BCUT2D eigenvalue weighted by Gasteiger charge is -2.20. The van der Waals surface area contributed by atoms with Crippen LogP contribution in [-0.4, -0.2) is 24.3 Å². The molecule has 20 heavy (non-hydrogen) atoms. The van der Waals surface area contributed by atoms with E-state index < -0.39 is 11.7 Å². The molecule has 4 nitrogen and oxygen atoms in total. The zero-order valence-corrected chi connectivity index (χ0v) is 12.5. The molecule has 0 spiro atoms. The molecule has 1 heterocycles. The van der Waals surface area contributed by atoms with E-state index in [2.05, 4.69) is 16.7 Å². The van der Waals surface area contributed by atoms with Gasteiger partial charge in [-0.2, -0.15) is 0 Å². The first kappa shape index (κ1) is 14.9. The molecule has 0 aliphatic carbocycles. The average molecular weight is 276 g/mol. The Bertz CT molecular complexity index is 460. The van der Waals surface area contributed by atoms with Crippen LogP contribution in [0.5, 0.6) is 0 Å². The Morgan fingerprint density at radius 2 is 2.25 bits per heavy atom. The van der Waals surface area contributed by atoms with Crippen LogP contribution in [0, 0.1) is 0 Å². The fourth-order valence-corrected chi connectivity index (χ4v) is 2.41. The van der Waals surface area contributed by atoms with Crippen LogP contribution < -0.4 is 10.6 Å². The first-order valence-corrected chi connectivity index (χ1v) is 7.25. The van der Waals surface area contributed by atoms with Crippen molar-refractivity contribution in [2.24, 2.45) is 0 Å². The van der Waals surface area contributed by atoms with Crippen molar-refractivity contribution in [1.82, 2.24) is 5.32 Å². The van der Waals surface area contributed by atoms with Crippen molar-refractivity contribution in [2.45, 2.75) is 51.7 Å². The number of carbonyl (C=O) groups is 1. The van der Waals surface area contributed by atoms with Crippen molar-refractivity contribution >= 4 is 11.8 Å². The molecule has 1 aliphatic rings. The second kappa shape index (κ2) is 6.27. The molecule has 1 aromatic rings. The van der Waals surface area contributed by atoms with Crippen molar-refractivity contribution in [3.8, 4) is 0 Å². The van der Waals surface area contributed by atoms with Gasteiger partial charge in [-0.15, -0.1) is 0 Å². The largest absolute Gasteiger partial charge is 0.444 e. The zero-order chi connectivity index (χ0) is 14.6. The van der Waals surface area contributed by atoms with E-state index in [1.165, 1.54) is 18.4 Å². The van der Waals surface area contributed by atoms with Crippen LogP contribution in [0.4, 0.5) is 10.5 Å². The minimum atomic E-state index is -0.477. The van der Waals surface area contributed by atoms with Gasteiger partial charge in [0.2, 0.25) is 0 Å². The summed E-state index contributed by atoms with van der Waals surface area (Å²) in [7, 11) is 0. The van der Waals surface area contributed by atoms with E-state index in [4.69, 9.17) is 4.74 Å². The molecule has 4 heteroatoms. The fourth-order valence-electron chi connectivity index (χ4n) is 2.41. The summed E-state index contributed by atoms with van der Waals surface area (Å²) < 4.78 is 5.25. The Labute approximate surface area is 120 Å². The van der Waals surface area contributed by atoms with Crippen molar-refractivity contribution in [1.29, 1.82) is 0 Å². The third kappa shape index (κ3) is 4.85. The molecule has 1 aliphatic heterocycles. The quantitative estimate of drug-likeness (QED) is 0.890. The maximum absolute atomic E-state index is 11.7. The summed E-state index contributed by atoms with van der Waals surface area (Å²) in [5.74, 6) is 0. The van der Waals surface area contributed by atoms with E-state index in [9.17, 15) is 4.79 Å². The Morgan fingerprint density at radius 1 is 1.45 bits per heavy atom. The first-order valence-electron chi connectivity index (χ1n) is 7.25. The normalized spacial score (nSPS) is 18.9. The highest BCUT2D eigenvalue weighted by Gasteiger charge is 2.17. The van der Waals surface area contributed by atoms with E-state index >= 15 is 0 Å². The van der Waals surface area contributed by atoms with Gasteiger partial charge in [-0.3, -0.25) is 5.32 Å². The highest BCUT2D eigenvalue weighted by Crippen LogP contribution is 2.17. The molecule has 0 aromatic heterocycles. The van der Waals surface area contributed by atoms with Crippen LogP contribution in [0.15, 0.2) is 24.3 Å². The molecule has 2 N–H and O–H groups in total. The molecule has 1 unspecified atom stereocenters. The Kier molecular flexibility index (Phi) is 4.65. The Hall–Kier alpha value is -1.55. The number of nitrogens with one attached hydrogen (secondary N) is 2. The molecule has 0 radical (unpaired) electrons. The molecule has 1 amide bonds. The molecular formula is C16H24N2O2. The maximum atomic E-state index is 11.7. The predicted molar refractivity (Wildman–Crippen MR) is 81.0 cm³/mol. The summed E-state index contributed by atoms with van der Waals surface area (Å²) in [5, 5.41) is 6.27. The summed E-state index contributed by atoms with van der Waals surface area (Å²) in [4.78, 5) is 11.7. The topological polar surface area (TPSA) is 50.4 Å². The van der Waals surface area contributed by atoms with Crippen LogP contribution in [-0.2, 0) is 11.2 Å². The van der Waals surface area contributed by atoms with Crippen molar-refractivity contribution in [3.05, 3.63) is 29.8 Å². The lowest BCUT2D eigenvalue weighted by Crippen LogP contribution is -2.27. The number of benzene rings is 1. The number of carbonyl (C=O) groups excluding carboxylic acids is 1. The lowest BCUT2D eigenvalue weighted by molar-refractivity contribution is 0.0636. The summed E-state index contributed by atoms with van der Waals surface area (Å²) in [6.45, 7) is 6.68. The predicted octanol–water partition coefficient (Wildman–Crippen LogP) is 3.33. The third-order valence-electron chi connectivity index (χ3n) is 3.22. The van der Waals surface area contributed by atoms with Gasteiger partial charge in [0.05, 0.1) is 0 Å². The smallest absolute Gasteiger partial charge is 0.412 e. The highest BCUT2D eigenvalue weighted by atomic mass is 16.6. The van der Waals surface area contributed by atoms with Gasteiger partial charge in [-0.25, -0.2) is 4.79 Å². The molecule has 2 rings (SSSR count). The fraction of sp³-hybridized carbons (Fsp3) is 0.562. The maximum Gasteiger partial charge on any atom is 0.412 e. The van der Waals surface area contributed by atoms with Crippen molar-refractivity contribution in [3.63, 3.8) is 0 Å². The average Bonchev–Trinajstić information content (AvgIpc) is 2.79. The van der Waals surface area contributed by atoms with Crippen molar-refractivity contribution < 1.29 is 9.53 Å². The van der Waals surface area contributed by atoms with Gasteiger partial charge in [0, 0.05) is 11.7 Å². The number of hydrogen-bond acceptors (Lipinski definition) is 3. The molecular weight excluding hydrogens is 252 g/mol. The zero-order valence-electron chi connectivity index (χ0n) is 12.5. The number of ether oxygens (including phenoxy) is 1. The molecule has 1 aromatic carbocycles. The summed E-state index contributed by atoms with van der Waals surface area (Å²) in [6, 6.07) is 8.53. The highest BCUT2D eigenvalue weighted by molar-refractivity contribution is 5.84. The van der Waals surface area contributed by atoms with Gasteiger partial charge < -0.3 is 10.1 Å². The molecule has 1 saturated heterocycles. The van der Waals surface area contributed by atoms with Crippen LogP contribution in [0.1, 0.15) is 39.2 Å². The molecule has 0 bridgehead atoms. The van der Waals surface area contributed by atoms with E-state index in [0.29, 0.717) is 6.04 Å². The molecule has 110 valence electrons. The van der Waals surface area contributed by atoms with Crippen LogP contribution in [0.25, 0.3) is 0 Å². The second-order valence-electron chi connectivity index (χ2n) is 6.32.